The maximum Gasteiger partial charge on any atom is 0.232 e. The van der Waals surface area contributed by atoms with Crippen LogP contribution in [0, 0.1) is 34.5 Å². The van der Waals surface area contributed by atoms with Crippen LogP contribution in [0.2, 0.25) is 0 Å². The predicted molar refractivity (Wildman–Crippen MR) is 76.1 cm³/mol. The fourth-order valence-corrected chi connectivity index (χ4v) is 5.61. The Morgan fingerprint density at radius 1 is 1.30 bits per heavy atom. The summed E-state index contributed by atoms with van der Waals surface area (Å²) in [6.07, 6.45) is 8.71. The highest BCUT2D eigenvalue weighted by Gasteiger charge is 2.54. The van der Waals surface area contributed by atoms with Gasteiger partial charge < -0.3 is 5.32 Å². The van der Waals surface area contributed by atoms with Crippen LogP contribution in [0.25, 0.3) is 0 Å². The molecule has 104 valence electrons. The summed E-state index contributed by atoms with van der Waals surface area (Å²) in [4.78, 5) is 17.4. The lowest BCUT2D eigenvalue weighted by Gasteiger charge is -2.55. The van der Waals surface area contributed by atoms with Crippen LogP contribution < -0.4 is 5.32 Å². The predicted octanol–water partition coefficient (Wildman–Crippen LogP) is 3.17. The number of hydrogen-bond acceptors (Lipinski definition) is 4. The van der Waals surface area contributed by atoms with E-state index in [1.807, 2.05) is 0 Å². The fourth-order valence-electron chi connectivity index (χ4n) is 5.00. The van der Waals surface area contributed by atoms with Crippen molar-refractivity contribution >= 4 is 22.4 Å². The Balaban J connectivity index is 1.55. The van der Waals surface area contributed by atoms with E-state index in [9.17, 15) is 4.79 Å². The number of hydrogen-bond donors (Lipinski definition) is 1. The minimum atomic E-state index is -0.146. The van der Waals surface area contributed by atoms with E-state index >= 15 is 0 Å². The van der Waals surface area contributed by atoms with Crippen LogP contribution in [0.5, 0.6) is 0 Å². The Labute approximate surface area is 122 Å². The number of carbonyl (C=O) groups is 1. The molecule has 0 aliphatic heterocycles. The molecule has 0 atom stereocenters. The molecular formula is C15H17N3OS. The van der Waals surface area contributed by atoms with E-state index in [4.69, 9.17) is 5.26 Å². The Kier molecular flexibility index (Phi) is 2.65. The van der Waals surface area contributed by atoms with Gasteiger partial charge in [-0.3, -0.25) is 4.79 Å². The van der Waals surface area contributed by atoms with E-state index in [0.717, 1.165) is 37.0 Å². The van der Waals surface area contributed by atoms with Crippen molar-refractivity contribution in [2.24, 2.45) is 23.2 Å². The van der Waals surface area contributed by atoms with Crippen molar-refractivity contribution in [3.05, 3.63) is 11.1 Å². The van der Waals surface area contributed by atoms with Crippen molar-refractivity contribution in [2.75, 3.05) is 5.32 Å². The van der Waals surface area contributed by atoms with Crippen LogP contribution in [0.1, 0.15) is 43.4 Å². The molecule has 4 aliphatic rings. The van der Waals surface area contributed by atoms with E-state index in [0.29, 0.717) is 10.0 Å². The highest BCUT2D eigenvalue weighted by Crippen LogP contribution is 2.60. The van der Waals surface area contributed by atoms with E-state index in [-0.39, 0.29) is 11.3 Å². The SMILES string of the molecule is N#Cc1cnc(NC(=O)C23CC4CC(CC(C4)C2)C3)s1. The van der Waals surface area contributed by atoms with Gasteiger partial charge in [0.15, 0.2) is 5.13 Å². The summed E-state index contributed by atoms with van der Waals surface area (Å²) in [5, 5.41) is 12.4. The average Bonchev–Trinajstić information content (AvgIpc) is 2.85. The molecule has 4 fully saturated rings. The molecule has 4 aliphatic carbocycles. The van der Waals surface area contributed by atoms with Gasteiger partial charge in [-0.15, -0.1) is 0 Å². The standard InChI is InChI=1S/C15H17N3OS/c16-7-12-8-17-14(20-12)18-13(19)15-4-9-1-10(5-15)3-11(2-9)6-15/h8-11H,1-6H2,(H,17,18,19). The highest BCUT2D eigenvalue weighted by atomic mass is 32.1. The number of thiazole rings is 1. The van der Waals surface area contributed by atoms with Gasteiger partial charge in [0, 0.05) is 0 Å². The molecule has 1 amide bonds. The number of amides is 1. The van der Waals surface area contributed by atoms with Gasteiger partial charge in [-0.2, -0.15) is 5.26 Å². The Hall–Kier alpha value is -1.41. The summed E-state index contributed by atoms with van der Waals surface area (Å²) in [5.41, 5.74) is -0.146. The van der Waals surface area contributed by atoms with Crippen molar-refractivity contribution < 1.29 is 4.79 Å². The first-order chi connectivity index (χ1) is 9.67. The molecule has 1 aromatic rings. The van der Waals surface area contributed by atoms with Crippen molar-refractivity contribution in [2.45, 2.75) is 38.5 Å². The molecule has 0 unspecified atom stereocenters. The second-order valence-corrected chi connectivity index (χ2v) is 7.82. The molecule has 0 aromatic carbocycles. The second-order valence-electron chi connectivity index (χ2n) is 6.79. The van der Waals surface area contributed by atoms with Crippen molar-refractivity contribution in [3.63, 3.8) is 0 Å². The first-order valence-corrected chi connectivity index (χ1v) is 8.16. The van der Waals surface area contributed by atoms with Crippen molar-refractivity contribution in [3.8, 4) is 6.07 Å². The highest BCUT2D eigenvalue weighted by molar-refractivity contribution is 7.16. The van der Waals surface area contributed by atoms with E-state index < -0.39 is 0 Å². The Bertz CT molecular complexity index is 565. The molecule has 1 N–H and O–H groups in total. The number of carbonyl (C=O) groups excluding carboxylic acids is 1. The lowest BCUT2D eigenvalue weighted by molar-refractivity contribution is -0.140. The van der Waals surface area contributed by atoms with Gasteiger partial charge >= 0.3 is 0 Å². The normalized spacial score (nSPS) is 37.6. The molecule has 4 saturated carbocycles. The van der Waals surface area contributed by atoms with E-state index in [2.05, 4.69) is 16.4 Å². The summed E-state index contributed by atoms with van der Waals surface area (Å²) in [7, 11) is 0. The van der Waals surface area contributed by atoms with Crippen LogP contribution in [-0.2, 0) is 4.79 Å². The molecule has 0 saturated heterocycles. The first-order valence-electron chi connectivity index (χ1n) is 7.34. The summed E-state index contributed by atoms with van der Waals surface area (Å²) in [6.45, 7) is 0. The van der Waals surface area contributed by atoms with E-state index in [1.165, 1.54) is 36.8 Å². The molecule has 4 nitrogen and oxygen atoms in total. The summed E-state index contributed by atoms with van der Waals surface area (Å²) in [6, 6.07) is 2.06. The van der Waals surface area contributed by atoms with Gasteiger partial charge in [0.2, 0.25) is 5.91 Å². The number of anilines is 1. The van der Waals surface area contributed by atoms with Crippen LogP contribution >= 0.6 is 11.3 Å². The zero-order chi connectivity index (χ0) is 13.7. The van der Waals surface area contributed by atoms with Gasteiger partial charge in [-0.1, -0.05) is 11.3 Å². The first kappa shape index (κ1) is 12.3. The van der Waals surface area contributed by atoms with Gasteiger partial charge in [0.1, 0.15) is 10.9 Å². The minimum Gasteiger partial charge on any atom is -0.301 e. The third kappa shape index (κ3) is 1.86. The van der Waals surface area contributed by atoms with Gasteiger partial charge in [-0.05, 0) is 56.3 Å². The molecule has 0 radical (unpaired) electrons. The molecule has 0 spiro atoms. The minimum absolute atomic E-state index is 0.146. The largest absolute Gasteiger partial charge is 0.301 e. The number of rotatable bonds is 2. The lowest BCUT2D eigenvalue weighted by Crippen LogP contribution is -2.51. The van der Waals surface area contributed by atoms with Crippen LogP contribution in [0.3, 0.4) is 0 Å². The topological polar surface area (TPSA) is 65.8 Å². The molecule has 5 heteroatoms. The lowest BCUT2D eigenvalue weighted by atomic mass is 9.49. The maximum absolute atomic E-state index is 12.7. The molecule has 20 heavy (non-hydrogen) atoms. The Morgan fingerprint density at radius 3 is 2.40 bits per heavy atom. The number of nitrogens with zero attached hydrogens (tertiary/aromatic N) is 2. The molecule has 4 bridgehead atoms. The van der Waals surface area contributed by atoms with Crippen molar-refractivity contribution in [1.29, 1.82) is 5.26 Å². The van der Waals surface area contributed by atoms with Crippen molar-refractivity contribution in [1.82, 2.24) is 4.98 Å². The smallest absolute Gasteiger partial charge is 0.232 e. The molecule has 1 aromatic heterocycles. The quantitative estimate of drug-likeness (QED) is 0.908. The third-order valence-electron chi connectivity index (χ3n) is 5.36. The zero-order valence-electron chi connectivity index (χ0n) is 11.3. The van der Waals surface area contributed by atoms with E-state index in [1.54, 1.807) is 0 Å². The molecule has 1 heterocycles. The third-order valence-corrected chi connectivity index (χ3v) is 6.17. The maximum atomic E-state index is 12.7. The summed E-state index contributed by atoms with van der Waals surface area (Å²) in [5.74, 6) is 2.43. The monoisotopic (exact) mass is 287 g/mol. The number of nitrogens with one attached hydrogen (secondary N) is 1. The number of aromatic nitrogens is 1. The van der Waals surface area contributed by atoms with Gasteiger partial charge in [0.05, 0.1) is 11.6 Å². The van der Waals surface area contributed by atoms with Crippen LogP contribution in [-0.4, -0.2) is 10.9 Å². The second kappa shape index (κ2) is 4.29. The zero-order valence-corrected chi connectivity index (χ0v) is 12.1. The molecular weight excluding hydrogens is 270 g/mol. The molecule has 5 rings (SSSR count). The fraction of sp³-hybridized carbons (Fsp3) is 0.667. The van der Waals surface area contributed by atoms with Crippen LogP contribution in [0.4, 0.5) is 5.13 Å². The summed E-state index contributed by atoms with van der Waals surface area (Å²) < 4.78 is 0. The van der Waals surface area contributed by atoms with Gasteiger partial charge in [-0.25, -0.2) is 4.98 Å². The summed E-state index contributed by atoms with van der Waals surface area (Å²) >= 11 is 1.26. The Morgan fingerprint density at radius 2 is 1.90 bits per heavy atom. The number of nitriles is 1. The van der Waals surface area contributed by atoms with Crippen LogP contribution in [0.15, 0.2) is 6.20 Å². The average molecular weight is 287 g/mol. The van der Waals surface area contributed by atoms with Gasteiger partial charge in [0.25, 0.3) is 0 Å².